The highest BCUT2D eigenvalue weighted by Gasteiger charge is 2.17. The van der Waals surface area contributed by atoms with E-state index in [0.717, 1.165) is 0 Å². The smallest absolute Gasteiger partial charge is 0.261 e. The quantitative estimate of drug-likeness (QED) is 0.623. The number of hydrogen-bond donors (Lipinski definition) is 2. The molecule has 0 radical (unpaired) electrons. The van der Waals surface area contributed by atoms with E-state index in [1.165, 1.54) is 31.4 Å². The summed E-state index contributed by atoms with van der Waals surface area (Å²) in [6.45, 7) is 0. The Bertz CT molecular complexity index is 1080. The van der Waals surface area contributed by atoms with Crippen molar-refractivity contribution in [2.75, 3.05) is 17.1 Å². The van der Waals surface area contributed by atoms with Crippen molar-refractivity contribution in [2.45, 2.75) is 4.90 Å². The van der Waals surface area contributed by atoms with Crippen LogP contribution in [0.15, 0.2) is 77.7 Å². The highest BCUT2D eigenvalue weighted by molar-refractivity contribution is 7.92. The monoisotopic (exact) mass is 416 g/mol. The van der Waals surface area contributed by atoms with Crippen LogP contribution in [0.4, 0.5) is 11.4 Å². The molecule has 0 aromatic heterocycles. The molecule has 0 fully saturated rings. The van der Waals surface area contributed by atoms with Gasteiger partial charge in [0.2, 0.25) is 0 Å². The first kappa shape index (κ1) is 19.7. The van der Waals surface area contributed by atoms with Crippen LogP contribution in [0.3, 0.4) is 0 Å². The molecule has 2 N–H and O–H groups in total. The average Bonchev–Trinajstić information content (AvgIpc) is 2.70. The third-order valence-corrected chi connectivity index (χ3v) is 5.48. The van der Waals surface area contributed by atoms with Crippen molar-refractivity contribution in [1.82, 2.24) is 0 Å². The lowest BCUT2D eigenvalue weighted by atomic mass is 10.2. The van der Waals surface area contributed by atoms with Gasteiger partial charge in [-0.1, -0.05) is 17.7 Å². The minimum absolute atomic E-state index is 0.0212. The number of carbonyl (C=O) groups excluding carboxylic acids is 1. The number of hydrogen-bond acceptors (Lipinski definition) is 4. The third kappa shape index (κ3) is 4.82. The number of methoxy groups -OCH3 is 1. The van der Waals surface area contributed by atoms with Gasteiger partial charge in [0.25, 0.3) is 15.9 Å². The van der Waals surface area contributed by atoms with Crippen molar-refractivity contribution in [3.8, 4) is 5.75 Å². The summed E-state index contributed by atoms with van der Waals surface area (Å²) in [7, 11) is -2.33. The summed E-state index contributed by atoms with van der Waals surface area (Å²) in [6, 6.07) is 18.9. The zero-order valence-electron chi connectivity index (χ0n) is 14.8. The second-order valence-corrected chi connectivity index (χ2v) is 7.94. The summed E-state index contributed by atoms with van der Waals surface area (Å²) < 4.78 is 32.8. The van der Waals surface area contributed by atoms with E-state index in [4.69, 9.17) is 16.3 Å². The van der Waals surface area contributed by atoms with E-state index < -0.39 is 15.9 Å². The van der Waals surface area contributed by atoms with Crippen molar-refractivity contribution in [1.29, 1.82) is 0 Å². The van der Waals surface area contributed by atoms with Gasteiger partial charge in [-0.3, -0.25) is 9.52 Å². The maximum Gasteiger partial charge on any atom is 0.261 e. The molecule has 6 nitrogen and oxygen atoms in total. The van der Waals surface area contributed by atoms with Gasteiger partial charge in [-0.05, 0) is 66.7 Å². The molecule has 0 saturated carbocycles. The van der Waals surface area contributed by atoms with E-state index in [1.807, 2.05) is 0 Å². The van der Waals surface area contributed by atoms with E-state index in [0.29, 0.717) is 22.1 Å². The fourth-order valence-electron chi connectivity index (χ4n) is 2.41. The van der Waals surface area contributed by atoms with Crippen LogP contribution >= 0.6 is 11.6 Å². The molecule has 3 aromatic carbocycles. The van der Waals surface area contributed by atoms with Gasteiger partial charge in [-0.25, -0.2) is 8.42 Å². The van der Waals surface area contributed by atoms with Crippen molar-refractivity contribution < 1.29 is 17.9 Å². The Morgan fingerprint density at radius 3 is 2.21 bits per heavy atom. The highest BCUT2D eigenvalue weighted by Crippen LogP contribution is 2.21. The van der Waals surface area contributed by atoms with E-state index in [2.05, 4.69) is 10.0 Å². The Labute approximate surface area is 168 Å². The number of rotatable bonds is 6. The molecule has 0 aliphatic rings. The Morgan fingerprint density at radius 2 is 1.57 bits per heavy atom. The number of benzene rings is 3. The predicted molar refractivity (Wildman–Crippen MR) is 110 cm³/mol. The van der Waals surface area contributed by atoms with E-state index in [9.17, 15) is 13.2 Å². The summed E-state index contributed by atoms with van der Waals surface area (Å²) in [4.78, 5) is 12.4. The summed E-state index contributed by atoms with van der Waals surface area (Å²) >= 11 is 5.83. The summed E-state index contributed by atoms with van der Waals surface area (Å²) in [5.74, 6) is 0.188. The van der Waals surface area contributed by atoms with Crippen LogP contribution in [-0.4, -0.2) is 21.4 Å². The molecule has 3 rings (SSSR count). The summed E-state index contributed by atoms with van der Waals surface area (Å²) in [5, 5.41) is 3.25. The van der Waals surface area contributed by atoms with E-state index in [-0.39, 0.29) is 10.5 Å². The molecule has 0 bridgehead atoms. The highest BCUT2D eigenvalue weighted by atomic mass is 35.5. The third-order valence-electron chi connectivity index (χ3n) is 3.85. The molecule has 144 valence electrons. The van der Waals surface area contributed by atoms with E-state index >= 15 is 0 Å². The van der Waals surface area contributed by atoms with Crippen molar-refractivity contribution >= 4 is 38.9 Å². The van der Waals surface area contributed by atoms with Crippen LogP contribution in [0.25, 0.3) is 0 Å². The van der Waals surface area contributed by atoms with E-state index in [1.54, 1.807) is 48.5 Å². The lowest BCUT2D eigenvalue weighted by molar-refractivity contribution is 0.102. The molecule has 0 unspecified atom stereocenters. The van der Waals surface area contributed by atoms with Gasteiger partial charge in [0, 0.05) is 22.0 Å². The zero-order valence-corrected chi connectivity index (χ0v) is 16.4. The zero-order chi connectivity index (χ0) is 20.1. The minimum atomic E-state index is -3.86. The van der Waals surface area contributed by atoms with Gasteiger partial charge in [-0.2, -0.15) is 0 Å². The van der Waals surface area contributed by atoms with Gasteiger partial charge in [0.05, 0.1) is 12.0 Å². The Balaban J connectivity index is 1.78. The fraction of sp³-hybridized carbons (Fsp3) is 0.0500. The second kappa shape index (κ2) is 8.33. The first-order valence-electron chi connectivity index (χ1n) is 8.21. The number of anilines is 2. The Kier molecular flexibility index (Phi) is 5.87. The molecule has 0 saturated heterocycles. The van der Waals surface area contributed by atoms with Crippen LogP contribution in [0.5, 0.6) is 5.75 Å². The Hall–Kier alpha value is -3.03. The summed E-state index contributed by atoms with van der Waals surface area (Å²) in [6.07, 6.45) is 0. The number of sulfonamides is 1. The lowest BCUT2D eigenvalue weighted by Gasteiger charge is -2.10. The number of amides is 1. The Morgan fingerprint density at radius 1 is 0.929 bits per heavy atom. The molecule has 28 heavy (non-hydrogen) atoms. The molecule has 0 aliphatic heterocycles. The first-order valence-corrected chi connectivity index (χ1v) is 10.1. The molecular weight excluding hydrogens is 400 g/mol. The van der Waals surface area contributed by atoms with Crippen LogP contribution in [-0.2, 0) is 10.0 Å². The first-order chi connectivity index (χ1) is 13.4. The van der Waals surface area contributed by atoms with Gasteiger partial charge >= 0.3 is 0 Å². The molecule has 0 spiro atoms. The van der Waals surface area contributed by atoms with Gasteiger partial charge in [-0.15, -0.1) is 0 Å². The van der Waals surface area contributed by atoms with Gasteiger partial charge in [0.1, 0.15) is 5.75 Å². The minimum Gasteiger partial charge on any atom is -0.497 e. The van der Waals surface area contributed by atoms with Crippen molar-refractivity contribution in [3.05, 3.63) is 83.4 Å². The average molecular weight is 417 g/mol. The number of halogens is 1. The largest absolute Gasteiger partial charge is 0.497 e. The normalized spacial score (nSPS) is 10.9. The van der Waals surface area contributed by atoms with Crippen LogP contribution in [0, 0.1) is 0 Å². The SMILES string of the molecule is COc1ccc(NS(=O)(=O)c2cccc(C(=O)Nc3ccc(Cl)cc3)c2)cc1. The van der Waals surface area contributed by atoms with Crippen LogP contribution in [0.2, 0.25) is 5.02 Å². The molecule has 3 aromatic rings. The second-order valence-electron chi connectivity index (χ2n) is 5.82. The van der Waals surface area contributed by atoms with Crippen LogP contribution < -0.4 is 14.8 Å². The topological polar surface area (TPSA) is 84.5 Å². The van der Waals surface area contributed by atoms with Gasteiger partial charge < -0.3 is 10.1 Å². The predicted octanol–water partition coefficient (Wildman–Crippen LogP) is 4.40. The lowest BCUT2D eigenvalue weighted by Crippen LogP contribution is -2.16. The molecule has 0 aliphatic carbocycles. The van der Waals surface area contributed by atoms with Crippen molar-refractivity contribution in [2.24, 2.45) is 0 Å². The number of carbonyl (C=O) groups is 1. The molecule has 1 amide bonds. The molecule has 0 heterocycles. The number of ether oxygens (including phenoxy) is 1. The number of nitrogens with one attached hydrogen (secondary N) is 2. The molecular formula is C20H17ClN2O4S. The maximum atomic E-state index is 12.6. The molecule has 8 heteroatoms. The molecule has 0 atom stereocenters. The van der Waals surface area contributed by atoms with Gasteiger partial charge in [0.15, 0.2) is 0 Å². The fourth-order valence-corrected chi connectivity index (χ4v) is 3.64. The summed E-state index contributed by atoms with van der Waals surface area (Å²) in [5.41, 5.74) is 1.16. The maximum absolute atomic E-state index is 12.6. The van der Waals surface area contributed by atoms with Crippen LogP contribution in [0.1, 0.15) is 10.4 Å². The standard InChI is InChI=1S/C20H17ClN2O4S/c1-27-18-11-9-17(10-12-18)23-28(25,26)19-4-2-3-14(13-19)20(24)22-16-7-5-15(21)6-8-16/h2-13,23H,1H3,(H,22,24). The van der Waals surface area contributed by atoms with Crippen molar-refractivity contribution in [3.63, 3.8) is 0 Å².